The number of Topliss-reactive ketones (excluding diaryl/α,β-unsaturated/α-hetero) is 1. The zero-order valence-corrected chi connectivity index (χ0v) is 18.0. The third-order valence-corrected chi connectivity index (χ3v) is 5.25. The number of anilines is 1. The Morgan fingerprint density at radius 1 is 0.970 bits per heavy atom. The van der Waals surface area contributed by atoms with Crippen LogP contribution in [0.2, 0.25) is 0 Å². The average molecular weight is 452 g/mol. The van der Waals surface area contributed by atoms with E-state index in [1.165, 1.54) is 30.7 Å². The van der Waals surface area contributed by atoms with Crippen molar-refractivity contribution >= 4 is 28.3 Å². The molecule has 0 radical (unpaired) electrons. The molecule has 2 aromatic heterocycles. The Morgan fingerprint density at radius 2 is 1.70 bits per heavy atom. The van der Waals surface area contributed by atoms with Gasteiger partial charge in [0.25, 0.3) is 11.7 Å². The van der Waals surface area contributed by atoms with Crippen LogP contribution in [-0.2, 0) is 11.0 Å². The second-order valence-corrected chi connectivity index (χ2v) is 7.62. The van der Waals surface area contributed by atoms with Crippen molar-refractivity contribution in [3.8, 4) is 5.69 Å². The summed E-state index contributed by atoms with van der Waals surface area (Å²) in [6, 6.07) is 13.5. The number of halogens is 3. The van der Waals surface area contributed by atoms with Crippen LogP contribution in [0.4, 0.5) is 18.9 Å². The van der Waals surface area contributed by atoms with Gasteiger partial charge in [0.05, 0.1) is 39.4 Å². The largest absolute Gasteiger partial charge is 0.416 e. The molecule has 0 saturated heterocycles. The molecular weight excluding hydrogens is 433 g/mol. The van der Waals surface area contributed by atoms with Gasteiger partial charge in [0.2, 0.25) is 0 Å². The van der Waals surface area contributed by atoms with Crippen LogP contribution in [-0.4, -0.2) is 26.5 Å². The third-order valence-electron chi connectivity index (χ3n) is 5.25. The molecule has 6 nitrogen and oxygen atoms in total. The Labute approximate surface area is 187 Å². The quantitative estimate of drug-likeness (QED) is 0.342. The van der Waals surface area contributed by atoms with Crippen molar-refractivity contribution in [2.75, 3.05) is 5.32 Å². The molecule has 0 bridgehead atoms. The summed E-state index contributed by atoms with van der Waals surface area (Å²) in [4.78, 5) is 30.2. The van der Waals surface area contributed by atoms with Crippen LogP contribution < -0.4 is 5.32 Å². The first kappa shape index (κ1) is 22.2. The number of amides is 1. The Hall–Kier alpha value is -4.01. The number of pyridine rings is 1. The van der Waals surface area contributed by atoms with E-state index in [0.717, 1.165) is 23.2 Å². The number of rotatable bonds is 4. The van der Waals surface area contributed by atoms with E-state index >= 15 is 0 Å². The first-order valence-corrected chi connectivity index (χ1v) is 10.0. The summed E-state index contributed by atoms with van der Waals surface area (Å²) in [6.07, 6.45) is -4.52. The lowest BCUT2D eigenvalue weighted by atomic mass is 10.1. The van der Waals surface area contributed by atoms with Gasteiger partial charge in [-0.2, -0.15) is 18.3 Å². The molecule has 4 rings (SSSR count). The van der Waals surface area contributed by atoms with Crippen LogP contribution in [0.1, 0.15) is 33.0 Å². The maximum atomic E-state index is 13.1. The number of aryl methyl sites for hydroxylation is 2. The van der Waals surface area contributed by atoms with Crippen LogP contribution >= 0.6 is 0 Å². The molecule has 0 aliphatic rings. The third kappa shape index (κ3) is 4.21. The molecule has 9 heteroatoms. The van der Waals surface area contributed by atoms with E-state index in [-0.39, 0.29) is 22.6 Å². The molecule has 0 fully saturated rings. The van der Waals surface area contributed by atoms with E-state index in [4.69, 9.17) is 0 Å². The predicted molar refractivity (Wildman–Crippen MR) is 117 cm³/mol. The first-order chi connectivity index (χ1) is 15.6. The summed E-state index contributed by atoms with van der Waals surface area (Å²) in [5.41, 5.74) is 1.52. The number of nitrogens with one attached hydrogen (secondary N) is 1. The van der Waals surface area contributed by atoms with Crippen molar-refractivity contribution < 1.29 is 22.8 Å². The van der Waals surface area contributed by atoms with Crippen molar-refractivity contribution in [2.45, 2.75) is 26.9 Å². The lowest BCUT2D eigenvalue weighted by Crippen LogP contribution is -2.24. The number of hydrogen-bond donors (Lipinski definition) is 1. The molecule has 1 N–H and O–H groups in total. The van der Waals surface area contributed by atoms with Gasteiger partial charge in [0.15, 0.2) is 0 Å². The SMILES string of the molecule is Cc1ccc2cccc(NC(=O)C(=O)c3c(C)nn(-c4cccc(C(F)(F)F)c4)c3C)c2n1. The molecule has 0 aliphatic heterocycles. The van der Waals surface area contributed by atoms with E-state index in [0.29, 0.717) is 11.2 Å². The number of alkyl halides is 3. The minimum Gasteiger partial charge on any atom is -0.317 e. The fourth-order valence-corrected chi connectivity index (χ4v) is 3.67. The molecule has 2 aromatic carbocycles. The number of hydrogen-bond acceptors (Lipinski definition) is 4. The number of benzene rings is 2. The summed E-state index contributed by atoms with van der Waals surface area (Å²) in [6.45, 7) is 4.88. The lowest BCUT2D eigenvalue weighted by Gasteiger charge is -2.10. The number of carbonyl (C=O) groups excluding carboxylic acids is 2. The van der Waals surface area contributed by atoms with Crippen LogP contribution in [0, 0.1) is 20.8 Å². The highest BCUT2D eigenvalue weighted by Crippen LogP contribution is 2.31. The fourth-order valence-electron chi connectivity index (χ4n) is 3.67. The van der Waals surface area contributed by atoms with E-state index in [1.807, 2.05) is 25.1 Å². The first-order valence-electron chi connectivity index (χ1n) is 10.0. The second kappa shape index (κ2) is 8.16. The smallest absolute Gasteiger partial charge is 0.317 e. The van der Waals surface area contributed by atoms with Crippen LogP contribution in [0.15, 0.2) is 54.6 Å². The topological polar surface area (TPSA) is 76.9 Å². The van der Waals surface area contributed by atoms with Gasteiger partial charge < -0.3 is 5.32 Å². The maximum Gasteiger partial charge on any atom is 0.416 e. The summed E-state index contributed by atoms with van der Waals surface area (Å²) in [5, 5.41) is 7.62. The van der Waals surface area contributed by atoms with Crippen LogP contribution in [0.25, 0.3) is 16.6 Å². The summed E-state index contributed by atoms with van der Waals surface area (Å²) in [5.74, 6) is -1.73. The number of fused-ring (bicyclic) bond motifs is 1. The van der Waals surface area contributed by atoms with Gasteiger partial charge in [-0.15, -0.1) is 0 Å². The van der Waals surface area contributed by atoms with E-state index in [2.05, 4.69) is 15.4 Å². The molecule has 2 heterocycles. The Balaban J connectivity index is 1.67. The van der Waals surface area contributed by atoms with Gasteiger partial charge in [-0.05, 0) is 51.1 Å². The molecule has 0 aliphatic carbocycles. The van der Waals surface area contributed by atoms with E-state index < -0.39 is 23.4 Å². The minimum absolute atomic E-state index is 0.0364. The molecule has 0 atom stereocenters. The molecule has 4 aromatic rings. The Kier molecular flexibility index (Phi) is 5.49. The lowest BCUT2D eigenvalue weighted by molar-refractivity contribution is -0.137. The zero-order valence-electron chi connectivity index (χ0n) is 18.0. The van der Waals surface area contributed by atoms with Gasteiger partial charge in [0, 0.05) is 11.1 Å². The standard InChI is InChI=1S/C24H19F3N4O2/c1-13-10-11-16-6-4-9-19(21(16)28-13)29-23(33)22(32)20-14(2)30-31(15(20)3)18-8-5-7-17(12-18)24(25,26)27/h4-12H,1-3H3,(H,29,33). The van der Waals surface area contributed by atoms with E-state index in [9.17, 15) is 22.8 Å². The van der Waals surface area contributed by atoms with Gasteiger partial charge in [0.1, 0.15) is 0 Å². The highest BCUT2D eigenvalue weighted by molar-refractivity contribution is 6.47. The van der Waals surface area contributed by atoms with E-state index in [1.54, 1.807) is 12.1 Å². The van der Waals surface area contributed by atoms with Crippen molar-refractivity contribution in [1.29, 1.82) is 0 Å². The number of nitrogens with zero attached hydrogens (tertiary/aromatic N) is 3. The molecule has 0 unspecified atom stereocenters. The predicted octanol–water partition coefficient (Wildman–Crippen LogP) is 5.19. The monoisotopic (exact) mass is 452 g/mol. The van der Waals surface area contributed by atoms with Gasteiger partial charge in [-0.1, -0.05) is 24.3 Å². The maximum absolute atomic E-state index is 13.1. The normalized spacial score (nSPS) is 11.6. The van der Waals surface area contributed by atoms with Crippen molar-refractivity contribution in [3.63, 3.8) is 0 Å². The number of ketones is 1. The molecular formula is C24H19F3N4O2. The summed E-state index contributed by atoms with van der Waals surface area (Å²) >= 11 is 0. The highest BCUT2D eigenvalue weighted by Gasteiger charge is 2.31. The second-order valence-electron chi connectivity index (χ2n) is 7.62. The van der Waals surface area contributed by atoms with Crippen molar-refractivity contribution in [1.82, 2.24) is 14.8 Å². The highest BCUT2D eigenvalue weighted by atomic mass is 19.4. The van der Waals surface area contributed by atoms with Gasteiger partial charge in [-0.3, -0.25) is 14.6 Å². The number of carbonyl (C=O) groups is 2. The fraction of sp³-hybridized carbons (Fsp3) is 0.167. The molecule has 1 amide bonds. The van der Waals surface area contributed by atoms with Gasteiger partial charge >= 0.3 is 6.18 Å². The molecule has 168 valence electrons. The molecule has 0 spiro atoms. The summed E-state index contributed by atoms with van der Waals surface area (Å²) in [7, 11) is 0. The number of para-hydroxylation sites is 1. The summed E-state index contributed by atoms with van der Waals surface area (Å²) < 4.78 is 40.5. The minimum atomic E-state index is -4.52. The Bertz CT molecular complexity index is 1410. The molecule has 33 heavy (non-hydrogen) atoms. The van der Waals surface area contributed by atoms with Crippen LogP contribution in [0.5, 0.6) is 0 Å². The number of aromatic nitrogens is 3. The van der Waals surface area contributed by atoms with Crippen molar-refractivity contribution in [3.05, 3.63) is 82.8 Å². The zero-order chi connectivity index (χ0) is 23.9. The van der Waals surface area contributed by atoms with Crippen LogP contribution in [0.3, 0.4) is 0 Å². The molecule has 0 saturated carbocycles. The van der Waals surface area contributed by atoms with Crippen molar-refractivity contribution in [2.24, 2.45) is 0 Å². The Morgan fingerprint density at radius 3 is 2.42 bits per heavy atom. The van der Waals surface area contributed by atoms with Gasteiger partial charge in [-0.25, -0.2) is 4.68 Å². The average Bonchev–Trinajstić information content (AvgIpc) is 3.07.